The fourth-order valence-corrected chi connectivity index (χ4v) is 18.5. The third kappa shape index (κ3) is 13.8. The Balaban J connectivity index is 10.6. The summed E-state index contributed by atoms with van der Waals surface area (Å²) in [5, 5.41) is 0. The minimum absolute atomic E-state index is 0.445. The Hall–Kier alpha value is -0.440. The number of halogens is 24. The summed E-state index contributed by atoms with van der Waals surface area (Å²) in [6.07, 6.45) is -60.9. The first-order chi connectivity index (χ1) is 25.7. The molecule has 0 unspecified atom stereocenters. The number of alkyl halides is 24. The van der Waals surface area contributed by atoms with Crippen LogP contribution in [0.3, 0.4) is 0 Å². The van der Waals surface area contributed by atoms with Gasteiger partial charge in [-0.05, 0) is 24.2 Å². The molecular weight excluding hydrogens is 996 g/mol. The standard InChI is InChI=1S/4C7H11F6OSi.Al/c4*1-15(2,3)4-5(14,6(8,9)10)7(11,12)13;/h4*4H2,1-3H3;/q4*-1;+3. The molecule has 61 heavy (non-hydrogen) atoms. The van der Waals surface area contributed by atoms with E-state index in [1.165, 1.54) is 0 Å². The van der Waals surface area contributed by atoms with E-state index in [1.807, 2.05) is 0 Å². The Morgan fingerprint density at radius 3 is 0.410 bits per heavy atom. The molecule has 0 aromatic heterocycles. The van der Waals surface area contributed by atoms with Gasteiger partial charge in [-0.15, -0.1) is 0 Å². The van der Waals surface area contributed by atoms with Crippen molar-refractivity contribution >= 4 is 46.7 Å². The van der Waals surface area contributed by atoms with Gasteiger partial charge in [0.15, 0.2) is 0 Å². The van der Waals surface area contributed by atoms with Crippen LogP contribution >= 0.6 is 0 Å². The summed E-state index contributed by atoms with van der Waals surface area (Å²) in [4.78, 5) is 0. The van der Waals surface area contributed by atoms with E-state index in [0.717, 1.165) is 0 Å². The van der Waals surface area contributed by atoms with Crippen LogP contribution in [0.5, 0.6) is 0 Å². The second kappa shape index (κ2) is 17.0. The number of hydrogen-bond donors (Lipinski definition) is 0. The Morgan fingerprint density at radius 2 is 0.344 bits per heavy atom. The number of hydrogen-bond acceptors (Lipinski definition) is 4. The molecule has 0 atom stereocenters. The molecule has 0 amide bonds. The smallest absolute Gasteiger partial charge is 0.569 e. The van der Waals surface area contributed by atoms with E-state index in [-0.39, 0.29) is 0 Å². The summed E-state index contributed by atoms with van der Waals surface area (Å²) in [6, 6.07) is -11.9. The van der Waals surface area contributed by atoms with Gasteiger partial charge in [-0.2, -0.15) is 105 Å². The zero-order valence-electron chi connectivity index (χ0n) is 34.1. The highest BCUT2D eigenvalue weighted by atomic mass is 28.3. The minimum Gasteiger partial charge on any atom is -0.569 e. The molecule has 0 aliphatic heterocycles. The summed E-state index contributed by atoms with van der Waals surface area (Å²) in [5.74, 6) is 0. The van der Waals surface area contributed by atoms with Crippen molar-refractivity contribution < 1.29 is 121 Å². The fraction of sp³-hybridized carbons (Fsp3) is 1.00. The zero-order valence-corrected chi connectivity index (χ0v) is 39.3. The maximum Gasteiger partial charge on any atom is 0.878 e. The first kappa shape index (κ1) is 60.6. The Bertz CT molecular complexity index is 1190. The monoisotopic (exact) mass is 1040 g/mol. The average Bonchev–Trinajstić information content (AvgIpc) is 2.83. The van der Waals surface area contributed by atoms with Gasteiger partial charge in [-0.25, -0.2) is 0 Å². The van der Waals surface area contributed by atoms with E-state index in [2.05, 4.69) is 15.2 Å². The molecule has 0 saturated heterocycles. The summed E-state index contributed by atoms with van der Waals surface area (Å²) >= 11 is -10.8. The molecule has 0 rings (SSSR count). The number of rotatable bonds is 16. The molecule has 0 N–H and O–H groups in total. The normalized spacial score (nSPS) is 16.7. The van der Waals surface area contributed by atoms with Crippen LogP contribution in [-0.4, -0.2) is 119 Å². The van der Waals surface area contributed by atoms with Crippen molar-refractivity contribution in [3.05, 3.63) is 0 Å². The predicted molar refractivity (Wildman–Crippen MR) is 182 cm³/mol. The lowest BCUT2D eigenvalue weighted by Crippen LogP contribution is -2.79. The molecule has 0 radical (unpaired) electrons. The molecule has 0 bridgehead atoms. The maximum absolute atomic E-state index is 15.2. The lowest BCUT2D eigenvalue weighted by Gasteiger charge is -2.59. The second-order valence-corrected chi connectivity index (χ2v) is 43.3. The van der Waals surface area contributed by atoms with Gasteiger partial charge in [-0.3, -0.25) is 0 Å². The molecule has 368 valence electrons. The van der Waals surface area contributed by atoms with Crippen LogP contribution in [0.15, 0.2) is 0 Å². The topological polar surface area (TPSA) is 36.9 Å². The third-order valence-electron chi connectivity index (χ3n) is 8.16. The first-order valence-corrected chi connectivity index (χ1v) is 33.8. The minimum atomic E-state index is -10.8. The van der Waals surface area contributed by atoms with Crippen molar-refractivity contribution in [3.63, 3.8) is 0 Å². The van der Waals surface area contributed by atoms with Crippen molar-refractivity contribution in [1.82, 2.24) is 0 Å². The van der Waals surface area contributed by atoms with Gasteiger partial charge in [0, 0.05) is 32.3 Å². The molecule has 4 nitrogen and oxygen atoms in total. The lowest BCUT2D eigenvalue weighted by molar-refractivity contribution is -0.425. The van der Waals surface area contributed by atoms with E-state index < -0.39 is 143 Å². The van der Waals surface area contributed by atoms with E-state index >= 15 is 105 Å². The summed E-state index contributed by atoms with van der Waals surface area (Å²) in [6.45, 7) is 5.34. The summed E-state index contributed by atoms with van der Waals surface area (Å²) in [5.41, 5.74) is -27.5. The van der Waals surface area contributed by atoms with Crippen LogP contribution in [0, 0.1) is 0 Å². The lowest BCUT2D eigenvalue weighted by atomic mass is 10.1. The average molecular weight is 1040 g/mol. The van der Waals surface area contributed by atoms with E-state index in [0.29, 0.717) is 78.6 Å². The van der Waals surface area contributed by atoms with Gasteiger partial charge >= 0.3 is 63.8 Å². The second-order valence-electron chi connectivity index (χ2n) is 19.3. The molecule has 0 aliphatic rings. The molecule has 0 fully saturated rings. The van der Waals surface area contributed by atoms with Gasteiger partial charge < -0.3 is 15.2 Å². The van der Waals surface area contributed by atoms with Gasteiger partial charge in [0.1, 0.15) is 0 Å². The first-order valence-electron chi connectivity index (χ1n) is 17.1. The Labute approximate surface area is 341 Å². The van der Waals surface area contributed by atoms with E-state index in [4.69, 9.17) is 0 Å². The predicted octanol–water partition coefficient (Wildman–Crippen LogP) is 14.3. The van der Waals surface area contributed by atoms with Gasteiger partial charge in [0.05, 0.1) is 0 Å². The van der Waals surface area contributed by atoms with Crippen molar-refractivity contribution in [2.45, 2.75) is 175 Å². The third-order valence-corrected chi connectivity index (χ3v) is 17.2. The molecule has 33 heteroatoms. The Kier molecular flexibility index (Phi) is 16.9. The maximum atomic E-state index is 15.2. The molecule has 0 aliphatic carbocycles. The molecular formula is C28H44AlF24O4Si4-. The SMILES string of the molecule is C[Si](C)(C)CC([O][Al-]([O]C(C[Si](C)(C)C)(C(F)(F)F)C(F)(F)F)([O]C(C[Si](C)(C)C)(C(F)(F)F)C(F)(F)F)[O]C(C[Si](C)(C)C)(C(F)(F)F)C(F)(F)F)(C(F)(F)F)C(F)(F)F. The highest BCUT2D eigenvalue weighted by molar-refractivity contribution is 6.77. The zero-order chi connectivity index (χ0) is 50.2. The molecule has 0 aromatic rings. The van der Waals surface area contributed by atoms with Crippen LogP contribution in [-0.2, 0) is 15.2 Å². The molecule has 0 spiro atoms. The van der Waals surface area contributed by atoms with Crippen molar-refractivity contribution in [2.24, 2.45) is 0 Å². The largest absolute Gasteiger partial charge is 0.878 e. The molecule has 0 aromatic carbocycles. The summed E-state index contributed by atoms with van der Waals surface area (Å²) in [7, 11) is -18.6. The highest BCUT2D eigenvalue weighted by Gasteiger charge is 2.86. The Morgan fingerprint density at radius 1 is 0.246 bits per heavy atom. The van der Waals surface area contributed by atoms with Gasteiger partial charge in [0.2, 0.25) is 22.4 Å². The van der Waals surface area contributed by atoms with E-state index in [1.54, 1.807) is 0 Å². The van der Waals surface area contributed by atoms with Crippen molar-refractivity contribution in [1.29, 1.82) is 0 Å². The van der Waals surface area contributed by atoms with Crippen LogP contribution in [0.25, 0.3) is 0 Å². The fourth-order valence-electron chi connectivity index (χ4n) is 6.26. The molecule has 0 saturated carbocycles. The summed E-state index contributed by atoms with van der Waals surface area (Å²) < 4.78 is 379. The van der Waals surface area contributed by atoms with Crippen LogP contribution < -0.4 is 0 Å². The van der Waals surface area contributed by atoms with Crippen LogP contribution in [0.2, 0.25) is 103 Å². The van der Waals surface area contributed by atoms with E-state index in [9.17, 15) is 0 Å². The quantitative estimate of drug-likeness (QED) is 0.114. The highest BCUT2D eigenvalue weighted by Crippen LogP contribution is 2.62. The van der Waals surface area contributed by atoms with Gasteiger partial charge in [-0.1, -0.05) is 78.6 Å². The van der Waals surface area contributed by atoms with Crippen molar-refractivity contribution in [3.8, 4) is 0 Å². The van der Waals surface area contributed by atoms with Crippen LogP contribution in [0.4, 0.5) is 105 Å². The van der Waals surface area contributed by atoms with Crippen LogP contribution in [0.1, 0.15) is 0 Å². The van der Waals surface area contributed by atoms with Gasteiger partial charge in [0.25, 0.3) is 0 Å². The molecule has 0 heterocycles. The van der Waals surface area contributed by atoms with Crippen molar-refractivity contribution in [2.75, 3.05) is 0 Å².